The molecule has 0 aliphatic carbocycles. The van der Waals surface area contributed by atoms with E-state index in [0.717, 1.165) is 33.6 Å². The fourth-order valence-electron chi connectivity index (χ4n) is 1.83. The van der Waals surface area contributed by atoms with Gasteiger partial charge in [-0.15, -0.1) is 11.3 Å². The van der Waals surface area contributed by atoms with Gasteiger partial charge in [0.05, 0.1) is 10.4 Å². The molecule has 0 N–H and O–H groups in total. The summed E-state index contributed by atoms with van der Waals surface area (Å²) < 4.78 is 5.67. The molecule has 2 aromatic heterocycles. The van der Waals surface area contributed by atoms with Crippen molar-refractivity contribution in [3.63, 3.8) is 0 Å². The van der Waals surface area contributed by atoms with Crippen molar-refractivity contribution >= 4 is 28.6 Å². The molecule has 0 fully saturated rings. The van der Waals surface area contributed by atoms with Crippen molar-refractivity contribution in [3.8, 4) is 10.6 Å². The van der Waals surface area contributed by atoms with Gasteiger partial charge in [0.2, 0.25) is 0 Å². The lowest BCUT2D eigenvalue weighted by atomic mass is 10.1. The van der Waals surface area contributed by atoms with Crippen LogP contribution in [-0.4, -0.2) is 11.3 Å². The van der Waals surface area contributed by atoms with Gasteiger partial charge < -0.3 is 4.42 Å². The number of aromatic nitrogens is 1. The van der Waals surface area contributed by atoms with Crippen molar-refractivity contribution in [1.29, 1.82) is 0 Å². The van der Waals surface area contributed by atoms with Crippen LogP contribution in [-0.2, 0) is 0 Å². The van der Waals surface area contributed by atoms with Crippen LogP contribution in [0.3, 0.4) is 0 Å². The zero-order chi connectivity index (χ0) is 11.8. The van der Waals surface area contributed by atoms with Crippen molar-refractivity contribution in [2.45, 2.75) is 6.92 Å². The third-order valence-electron chi connectivity index (χ3n) is 2.54. The van der Waals surface area contributed by atoms with Gasteiger partial charge in [-0.05, 0) is 19.1 Å². The number of carbonyl (C=O) groups excluding carboxylic acids is 1. The Bertz CT molecular complexity index is 696. The second-order valence-electron chi connectivity index (χ2n) is 3.77. The Balaban J connectivity index is 2.25. The van der Waals surface area contributed by atoms with Crippen LogP contribution in [0.1, 0.15) is 15.4 Å². The van der Waals surface area contributed by atoms with Gasteiger partial charge in [-0.1, -0.05) is 12.1 Å². The minimum atomic E-state index is 0.625. The summed E-state index contributed by atoms with van der Waals surface area (Å²) in [5, 5.41) is 1.87. The van der Waals surface area contributed by atoms with Gasteiger partial charge in [0, 0.05) is 11.6 Å². The second-order valence-corrected chi connectivity index (χ2v) is 4.83. The maximum absolute atomic E-state index is 10.7. The molecule has 3 rings (SSSR count). The van der Waals surface area contributed by atoms with Gasteiger partial charge >= 0.3 is 0 Å². The molecule has 17 heavy (non-hydrogen) atoms. The zero-order valence-corrected chi connectivity index (χ0v) is 9.95. The summed E-state index contributed by atoms with van der Waals surface area (Å²) >= 11 is 1.37. The number of nitrogens with zero attached hydrogens (tertiary/aromatic N) is 1. The maximum Gasteiger partial charge on any atom is 0.161 e. The SMILES string of the molecule is Cc1cc2cccc(-c3ncc(C=O)s3)c2o1. The summed E-state index contributed by atoms with van der Waals surface area (Å²) in [5.74, 6) is 0.875. The predicted molar refractivity (Wildman–Crippen MR) is 67.4 cm³/mol. The molecule has 0 bridgehead atoms. The lowest BCUT2D eigenvalue weighted by Crippen LogP contribution is -1.75. The first-order valence-corrected chi connectivity index (χ1v) is 6.00. The van der Waals surface area contributed by atoms with Gasteiger partial charge in [-0.2, -0.15) is 0 Å². The number of hydrogen-bond acceptors (Lipinski definition) is 4. The fraction of sp³-hybridized carbons (Fsp3) is 0.0769. The molecule has 0 amide bonds. The molecule has 84 valence electrons. The van der Waals surface area contributed by atoms with Crippen molar-refractivity contribution in [1.82, 2.24) is 4.98 Å². The van der Waals surface area contributed by atoms with Crippen LogP contribution in [0, 0.1) is 6.92 Å². The summed E-state index contributed by atoms with van der Waals surface area (Å²) in [4.78, 5) is 15.5. The Kier molecular flexibility index (Phi) is 2.30. The topological polar surface area (TPSA) is 43.1 Å². The van der Waals surface area contributed by atoms with Crippen molar-refractivity contribution in [2.75, 3.05) is 0 Å². The molecule has 0 radical (unpaired) electrons. The van der Waals surface area contributed by atoms with E-state index in [1.165, 1.54) is 11.3 Å². The van der Waals surface area contributed by atoms with Crippen molar-refractivity contribution in [2.24, 2.45) is 0 Å². The summed E-state index contributed by atoms with van der Waals surface area (Å²) in [6.07, 6.45) is 2.40. The standard InChI is InChI=1S/C13H9NO2S/c1-8-5-9-3-2-4-11(12(9)16-8)13-14-6-10(7-15)17-13/h2-7H,1H3. The average Bonchev–Trinajstić information content (AvgIpc) is 2.92. The largest absolute Gasteiger partial charge is 0.461 e. The van der Waals surface area contributed by atoms with E-state index in [1.54, 1.807) is 6.20 Å². The maximum atomic E-state index is 10.7. The molecular weight excluding hydrogens is 234 g/mol. The number of hydrogen-bond donors (Lipinski definition) is 0. The summed E-state index contributed by atoms with van der Waals surface area (Å²) in [6.45, 7) is 1.92. The highest BCUT2D eigenvalue weighted by molar-refractivity contribution is 7.16. The average molecular weight is 243 g/mol. The Morgan fingerprint density at radius 2 is 2.29 bits per heavy atom. The van der Waals surface area contributed by atoms with Crippen molar-refractivity contribution < 1.29 is 9.21 Å². The zero-order valence-electron chi connectivity index (χ0n) is 9.14. The monoisotopic (exact) mass is 243 g/mol. The molecule has 0 saturated carbocycles. The quantitative estimate of drug-likeness (QED) is 0.645. The van der Waals surface area contributed by atoms with Gasteiger partial charge in [0.25, 0.3) is 0 Å². The number of fused-ring (bicyclic) bond motifs is 1. The first-order valence-electron chi connectivity index (χ1n) is 5.18. The molecule has 0 unspecified atom stereocenters. The van der Waals surface area contributed by atoms with E-state index in [0.29, 0.717) is 4.88 Å². The first kappa shape index (κ1) is 10.2. The third kappa shape index (κ3) is 1.66. The second kappa shape index (κ2) is 3.82. The van der Waals surface area contributed by atoms with Crippen LogP contribution in [0.25, 0.3) is 21.5 Å². The number of aldehydes is 1. The number of furan rings is 1. The molecule has 2 heterocycles. The Morgan fingerprint density at radius 1 is 1.41 bits per heavy atom. The molecule has 1 aromatic carbocycles. The summed E-state index contributed by atoms with van der Waals surface area (Å²) in [6, 6.07) is 7.92. The minimum Gasteiger partial charge on any atom is -0.461 e. The molecule has 4 heteroatoms. The number of carbonyl (C=O) groups is 1. The normalized spacial score (nSPS) is 10.9. The molecule has 0 aliphatic rings. The predicted octanol–water partition coefficient (Wildman–Crippen LogP) is 3.68. The number of aryl methyl sites for hydroxylation is 1. The van der Waals surface area contributed by atoms with Gasteiger partial charge in [0.1, 0.15) is 16.4 Å². The van der Waals surface area contributed by atoms with Crippen LogP contribution in [0.15, 0.2) is 34.9 Å². The van der Waals surface area contributed by atoms with Crippen LogP contribution < -0.4 is 0 Å². The Morgan fingerprint density at radius 3 is 3.06 bits per heavy atom. The summed E-state index contributed by atoms with van der Waals surface area (Å²) in [7, 11) is 0. The number of benzene rings is 1. The highest BCUT2D eigenvalue weighted by Gasteiger charge is 2.11. The molecule has 0 spiro atoms. The Labute approximate surface area is 102 Å². The first-order chi connectivity index (χ1) is 8.28. The van der Waals surface area contributed by atoms with E-state index in [4.69, 9.17) is 4.42 Å². The highest BCUT2D eigenvalue weighted by Crippen LogP contribution is 2.32. The van der Waals surface area contributed by atoms with Gasteiger partial charge in [0.15, 0.2) is 6.29 Å². The third-order valence-corrected chi connectivity index (χ3v) is 3.49. The van der Waals surface area contributed by atoms with Crippen LogP contribution >= 0.6 is 11.3 Å². The Hall–Kier alpha value is -1.94. The highest BCUT2D eigenvalue weighted by atomic mass is 32.1. The van der Waals surface area contributed by atoms with E-state index < -0.39 is 0 Å². The van der Waals surface area contributed by atoms with E-state index in [-0.39, 0.29) is 0 Å². The molecule has 0 saturated heterocycles. The lowest BCUT2D eigenvalue weighted by Gasteiger charge is -1.96. The minimum absolute atomic E-state index is 0.625. The van der Waals surface area contributed by atoms with E-state index >= 15 is 0 Å². The van der Waals surface area contributed by atoms with E-state index in [1.807, 2.05) is 31.2 Å². The smallest absolute Gasteiger partial charge is 0.161 e. The number of thiazole rings is 1. The molecule has 3 aromatic rings. The summed E-state index contributed by atoms with van der Waals surface area (Å²) in [5.41, 5.74) is 1.77. The van der Waals surface area contributed by atoms with Crippen LogP contribution in [0.5, 0.6) is 0 Å². The molecule has 0 aliphatic heterocycles. The van der Waals surface area contributed by atoms with E-state index in [9.17, 15) is 4.79 Å². The molecular formula is C13H9NO2S. The van der Waals surface area contributed by atoms with Gasteiger partial charge in [-0.25, -0.2) is 4.98 Å². The number of para-hydroxylation sites is 1. The van der Waals surface area contributed by atoms with E-state index in [2.05, 4.69) is 4.98 Å². The molecule has 0 atom stereocenters. The fourth-order valence-corrected chi connectivity index (χ4v) is 2.58. The van der Waals surface area contributed by atoms with Crippen molar-refractivity contribution in [3.05, 3.63) is 41.1 Å². The number of rotatable bonds is 2. The van der Waals surface area contributed by atoms with Crippen LogP contribution in [0.4, 0.5) is 0 Å². The lowest BCUT2D eigenvalue weighted by molar-refractivity contribution is 0.112. The van der Waals surface area contributed by atoms with Crippen LogP contribution in [0.2, 0.25) is 0 Å². The van der Waals surface area contributed by atoms with Gasteiger partial charge in [-0.3, -0.25) is 4.79 Å². The molecule has 3 nitrogen and oxygen atoms in total.